The fraction of sp³-hybridized carbons (Fsp3) is 0.737. The number of aliphatic hydroxyl groups excluding tert-OH is 1. The minimum Gasteiger partial charge on any atom is -0.396 e. The molecule has 0 amide bonds. The van der Waals surface area contributed by atoms with Crippen LogP contribution in [0.3, 0.4) is 0 Å². The van der Waals surface area contributed by atoms with E-state index >= 15 is 0 Å². The van der Waals surface area contributed by atoms with Gasteiger partial charge < -0.3 is 5.11 Å². The lowest BCUT2D eigenvalue weighted by molar-refractivity contribution is -0.697. The van der Waals surface area contributed by atoms with Crippen molar-refractivity contribution in [2.45, 2.75) is 173 Å². The van der Waals surface area contributed by atoms with Gasteiger partial charge in [0.25, 0.3) is 0 Å². The Labute approximate surface area is 254 Å². The van der Waals surface area contributed by atoms with Crippen molar-refractivity contribution in [3.63, 3.8) is 0 Å². The summed E-state index contributed by atoms with van der Waals surface area (Å²) in [6.07, 6.45) is 43.6. The quantitative estimate of drug-likeness (QED) is 0.0786. The van der Waals surface area contributed by atoms with Crippen molar-refractivity contribution < 1.29 is 9.67 Å². The molecule has 0 atom stereocenters. The summed E-state index contributed by atoms with van der Waals surface area (Å²) in [4.78, 5) is 4.21. The van der Waals surface area contributed by atoms with Crippen molar-refractivity contribution in [2.75, 3.05) is 6.61 Å². The fourth-order valence-electron chi connectivity index (χ4n) is 6.01. The number of rotatable bonds is 29. The van der Waals surface area contributed by atoms with Crippen LogP contribution in [0, 0.1) is 0 Å². The van der Waals surface area contributed by atoms with Crippen LogP contribution < -0.4 is 4.57 Å². The van der Waals surface area contributed by atoms with E-state index in [4.69, 9.17) is 5.11 Å². The summed E-state index contributed by atoms with van der Waals surface area (Å²) < 4.78 is 2.43. The van der Waals surface area contributed by atoms with Crippen LogP contribution in [0.25, 0.3) is 0 Å². The molecule has 0 aliphatic heterocycles. The third-order valence-electron chi connectivity index (χ3n) is 8.65. The number of pyridine rings is 2. The maximum atomic E-state index is 8.82. The van der Waals surface area contributed by atoms with Crippen LogP contribution in [-0.2, 0) is 19.4 Å². The second-order valence-electron chi connectivity index (χ2n) is 12.5. The zero-order valence-electron chi connectivity index (χ0n) is 26.8. The molecule has 41 heavy (non-hydrogen) atoms. The third-order valence-corrected chi connectivity index (χ3v) is 8.65. The molecule has 0 radical (unpaired) electrons. The summed E-state index contributed by atoms with van der Waals surface area (Å²) in [5, 5.41) is 8.82. The first-order valence-electron chi connectivity index (χ1n) is 17.9. The van der Waals surface area contributed by atoms with E-state index in [2.05, 4.69) is 40.1 Å². The Morgan fingerprint density at radius 2 is 0.927 bits per heavy atom. The molecule has 232 valence electrons. The summed E-state index contributed by atoms with van der Waals surface area (Å²) in [7, 11) is 0. The van der Waals surface area contributed by atoms with E-state index in [0.29, 0.717) is 6.61 Å². The molecule has 0 spiro atoms. The number of nitrogens with zero attached hydrogens (tertiary/aromatic N) is 2. The van der Waals surface area contributed by atoms with Gasteiger partial charge in [-0.3, -0.25) is 4.98 Å². The molecule has 0 aliphatic carbocycles. The highest BCUT2D eigenvalue weighted by molar-refractivity contribution is 5.08. The predicted molar refractivity (Wildman–Crippen MR) is 176 cm³/mol. The highest BCUT2D eigenvalue weighted by Crippen LogP contribution is 2.15. The minimum atomic E-state index is 0.362. The zero-order valence-corrected chi connectivity index (χ0v) is 26.8. The predicted octanol–water partition coefficient (Wildman–Crippen LogP) is 10.5. The summed E-state index contributed by atoms with van der Waals surface area (Å²) in [5.74, 6) is 0. The molecule has 2 aromatic heterocycles. The molecule has 0 unspecified atom stereocenters. The average Bonchev–Trinajstić information content (AvgIpc) is 3.00. The first-order chi connectivity index (χ1) is 20.4. The van der Waals surface area contributed by atoms with Gasteiger partial charge >= 0.3 is 0 Å². The van der Waals surface area contributed by atoms with Gasteiger partial charge in [0.1, 0.15) is 6.54 Å². The SMILES string of the molecule is OCCCCCCCCCCCCCCc1ccc[n+](CCCCCCCCCCCCCCc2cccnc2)c1. The van der Waals surface area contributed by atoms with Crippen LogP contribution >= 0.6 is 0 Å². The van der Waals surface area contributed by atoms with Gasteiger partial charge in [0.15, 0.2) is 12.4 Å². The van der Waals surface area contributed by atoms with E-state index in [1.165, 1.54) is 178 Å². The monoisotopic (exact) mass is 566 g/mol. The Morgan fingerprint density at radius 1 is 0.488 bits per heavy atom. The summed E-state index contributed by atoms with van der Waals surface area (Å²) >= 11 is 0. The lowest BCUT2D eigenvalue weighted by atomic mass is 10.0. The van der Waals surface area contributed by atoms with E-state index in [1.54, 1.807) is 0 Å². The number of aliphatic hydroxyl groups is 1. The molecular formula is C38H65N2O+. The van der Waals surface area contributed by atoms with Gasteiger partial charge in [-0.1, -0.05) is 128 Å². The first-order valence-corrected chi connectivity index (χ1v) is 17.9. The number of hydrogen-bond donors (Lipinski definition) is 1. The molecule has 0 fully saturated rings. The number of hydrogen-bond acceptors (Lipinski definition) is 2. The maximum absolute atomic E-state index is 8.82. The van der Waals surface area contributed by atoms with Crippen molar-refractivity contribution in [2.24, 2.45) is 0 Å². The third kappa shape index (κ3) is 21.6. The van der Waals surface area contributed by atoms with Gasteiger partial charge in [0.2, 0.25) is 0 Å². The van der Waals surface area contributed by atoms with Gasteiger partial charge in [0, 0.05) is 37.1 Å². The largest absolute Gasteiger partial charge is 0.396 e. The van der Waals surface area contributed by atoms with Crippen LogP contribution in [0.4, 0.5) is 0 Å². The van der Waals surface area contributed by atoms with Crippen LogP contribution in [0.15, 0.2) is 49.1 Å². The minimum absolute atomic E-state index is 0.362. The normalized spacial score (nSPS) is 11.3. The van der Waals surface area contributed by atoms with Gasteiger partial charge in [0.05, 0.1) is 0 Å². The van der Waals surface area contributed by atoms with Crippen LogP contribution in [0.2, 0.25) is 0 Å². The Balaban J connectivity index is 1.32. The molecule has 2 heterocycles. The van der Waals surface area contributed by atoms with Gasteiger partial charge in [-0.05, 0) is 56.2 Å². The topological polar surface area (TPSA) is 37.0 Å². The summed E-state index contributed by atoms with van der Waals surface area (Å²) in [6.45, 7) is 1.54. The molecule has 1 N–H and O–H groups in total. The number of aromatic nitrogens is 2. The van der Waals surface area contributed by atoms with Crippen molar-refractivity contribution in [1.82, 2.24) is 4.98 Å². The van der Waals surface area contributed by atoms with Crippen molar-refractivity contribution in [3.8, 4) is 0 Å². The smallest absolute Gasteiger partial charge is 0.171 e. The highest BCUT2D eigenvalue weighted by atomic mass is 16.2. The van der Waals surface area contributed by atoms with Crippen LogP contribution in [0.5, 0.6) is 0 Å². The van der Waals surface area contributed by atoms with E-state index in [0.717, 1.165) is 6.42 Å². The molecule has 0 bridgehead atoms. The van der Waals surface area contributed by atoms with Crippen molar-refractivity contribution in [3.05, 3.63) is 60.2 Å². The Hall–Kier alpha value is -1.74. The molecule has 0 saturated heterocycles. The second kappa shape index (κ2) is 27.1. The molecular weight excluding hydrogens is 500 g/mol. The first kappa shape index (κ1) is 35.5. The van der Waals surface area contributed by atoms with Gasteiger partial charge in [-0.2, -0.15) is 0 Å². The molecule has 0 aliphatic rings. The molecule has 2 rings (SSSR count). The highest BCUT2D eigenvalue weighted by Gasteiger charge is 2.04. The maximum Gasteiger partial charge on any atom is 0.171 e. The van der Waals surface area contributed by atoms with Crippen molar-refractivity contribution >= 4 is 0 Å². The average molecular weight is 566 g/mol. The Morgan fingerprint density at radius 3 is 1.41 bits per heavy atom. The van der Waals surface area contributed by atoms with E-state index in [-0.39, 0.29) is 0 Å². The lowest BCUT2D eigenvalue weighted by Gasteiger charge is -2.04. The Kier molecular flexibility index (Phi) is 23.4. The van der Waals surface area contributed by atoms with E-state index in [9.17, 15) is 0 Å². The number of unbranched alkanes of at least 4 members (excludes halogenated alkanes) is 22. The summed E-state index contributed by atoms with van der Waals surface area (Å²) in [5.41, 5.74) is 2.90. The van der Waals surface area contributed by atoms with Crippen molar-refractivity contribution in [1.29, 1.82) is 0 Å². The van der Waals surface area contributed by atoms with Crippen LogP contribution in [-0.4, -0.2) is 16.7 Å². The van der Waals surface area contributed by atoms with Crippen LogP contribution in [0.1, 0.15) is 165 Å². The molecule has 0 saturated carbocycles. The van der Waals surface area contributed by atoms with Gasteiger partial charge in [-0.25, -0.2) is 4.57 Å². The molecule has 3 heteroatoms. The summed E-state index contributed by atoms with van der Waals surface area (Å²) in [6, 6.07) is 8.81. The van der Waals surface area contributed by atoms with Gasteiger partial charge in [-0.15, -0.1) is 0 Å². The van der Waals surface area contributed by atoms with E-state index in [1.807, 2.05) is 18.5 Å². The Bertz CT molecular complexity index is 809. The fourth-order valence-corrected chi connectivity index (χ4v) is 6.01. The lowest BCUT2D eigenvalue weighted by Crippen LogP contribution is -2.33. The molecule has 2 aromatic rings. The molecule has 0 aromatic carbocycles. The standard InChI is InChI=1S/C38H65N2O/c41-34-24-20-16-12-8-4-2-6-10-14-18-22-28-38-30-26-33-40(36-38)32-23-19-15-11-7-3-1-5-9-13-17-21-27-37-29-25-31-39-35-37/h25-26,29-31,33,35-36,41H,1-24,27-28,32,34H2/q+1. The second-order valence-corrected chi connectivity index (χ2v) is 12.5. The molecule has 3 nitrogen and oxygen atoms in total. The zero-order chi connectivity index (χ0) is 28.9. The van der Waals surface area contributed by atoms with E-state index < -0.39 is 0 Å². The number of aryl methyl sites for hydroxylation is 3.